The molecule has 0 amide bonds. The highest BCUT2D eigenvalue weighted by atomic mass is 16.5. The first-order valence-electron chi connectivity index (χ1n) is 9.49. The van der Waals surface area contributed by atoms with Crippen LogP contribution in [0.1, 0.15) is 5.82 Å². The Bertz CT molecular complexity index is 1320. The fourth-order valence-corrected chi connectivity index (χ4v) is 3.50. The maximum absolute atomic E-state index is 6.11. The highest BCUT2D eigenvalue weighted by Crippen LogP contribution is 2.49. The lowest BCUT2D eigenvalue weighted by atomic mass is 10.1. The number of hydrogen-bond acceptors (Lipinski definition) is 5. The molecule has 0 saturated heterocycles. The topological polar surface area (TPSA) is 51.1 Å². The van der Waals surface area contributed by atoms with E-state index >= 15 is 0 Å². The molecule has 0 bridgehead atoms. The van der Waals surface area contributed by atoms with Crippen molar-refractivity contribution in [2.45, 2.75) is 0 Å². The van der Waals surface area contributed by atoms with Crippen molar-refractivity contribution in [2.24, 2.45) is 0 Å². The molecule has 2 heterocycles. The van der Waals surface area contributed by atoms with E-state index in [9.17, 15) is 0 Å². The summed E-state index contributed by atoms with van der Waals surface area (Å²) >= 11 is 0. The lowest BCUT2D eigenvalue weighted by Gasteiger charge is -2.32. The van der Waals surface area contributed by atoms with Crippen LogP contribution in [0.4, 0.5) is 17.1 Å². The van der Waals surface area contributed by atoms with Crippen LogP contribution >= 0.6 is 0 Å². The first kappa shape index (κ1) is 17.8. The fraction of sp³-hybridized carbons (Fsp3) is 0. The number of rotatable bonds is 3. The molecule has 1 aromatic heterocycles. The van der Waals surface area contributed by atoms with Crippen molar-refractivity contribution < 1.29 is 4.74 Å². The van der Waals surface area contributed by atoms with Crippen LogP contribution in [0.25, 0.3) is 18.2 Å². The van der Waals surface area contributed by atoms with Crippen LogP contribution in [-0.4, -0.2) is 15.0 Å². The fourth-order valence-electron chi connectivity index (χ4n) is 3.50. The maximum atomic E-state index is 6.11. The van der Waals surface area contributed by atoms with Crippen LogP contribution in [-0.2, 0) is 0 Å². The van der Waals surface area contributed by atoms with E-state index in [-0.39, 0.29) is 0 Å². The first-order valence-corrected chi connectivity index (χ1v) is 9.49. The molecule has 5 rings (SSSR count). The summed E-state index contributed by atoms with van der Waals surface area (Å²) in [5.41, 5.74) is 3.66. The van der Waals surface area contributed by atoms with Gasteiger partial charge in [-0.15, -0.1) is 0 Å². The number of ether oxygens (including phenoxy) is 1. The van der Waals surface area contributed by atoms with Gasteiger partial charge >= 0.3 is 0 Å². The van der Waals surface area contributed by atoms with Gasteiger partial charge in [0.2, 0.25) is 0 Å². The first-order chi connectivity index (χ1) is 14.7. The third-order valence-electron chi connectivity index (χ3n) is 4.93. The Kier molecular flexibility index (Phi) is 4.33. The van der Waals surface area contributed by atoms with Crippen molar-refractivity contribution in [3.05, 3.63) is 102 Å². The Hall–Kier alpha value is -4.25. The van der Waals surface area contributed by atoms with Crippen molar-refractivity contribution in [3.8, 4) is 11.5 Å². The summed E-state index contributed by atoms with van der Waals surface area (Å²) in [5, 5.41) is 1.84. The molecule has 0 spiro atoms. The van der Waals surface area contributed by atoms with Gasteiger partial charge in [0.25, 0.3) is 0 Å². The number of fused-ring (bicyclic) bond motifs is 2. The number of nitrogens with zero attached hydrogens (tertiary/aromatic N) is 4. The summed E-state index contributed by atoms with van der Waals surface area (Å²) in [7, 11) is 0. The van der Waals surface area contributed by atoms with Gasteiger partial charge < -0.3 is 9.64 Å². The summed E-state index contributed by atoms with van der Waals surface area (Å²) in [6.07, 6.45) is 4.87. The highest BCUT2D eigenvalue weighted by molar-refractivity contribution is 5.87. The van der Waals surface area contributed by atoms with Gasteiger partial charge in [-0.05, 0) is 52.9 Å². The van der Waals surface area contributed by atoms with Crippen LogP contribution in [0.15, 0.2) is 86.0 Å². The van der Waals surface area contributed by atoms with Gasteiger partial charge in [0.05, 0.1) is 11.4 Å². The minimum atomic E-state index is 0.539. The Morgan fingerprint density at radius 3 is 2.17 bits per heavy atom. The van der Waals surface area contributed by atoms with Gasteiger partial charge in [-0.2, -0.15) is 0 Å². The largest absolute Gasteiger partial charge is 0.453 e. The summed E-state index contributed by atoms with van der Waals surface area (Å²) in [5.74, 6) is 2.17. The summed E-state index contributed by atoms with van der Waals surface area (Å²) < 4.78 is 6.11. The van der Waals surface area contributed by atoms with Crippen LogP contribution in [0.5, 0.6) is 11.5 Å². The molecule has 30 heavy (non-hydrogen) atoms. The zero-order chi connectivity index (χ0) is 20.5. The third kappa shape index (κ3) is 3.12. The minimum absolute atomic E-state index is 0.539. The quantitative estimate of drug-likeness (QED) is 0.458. The van der Waals surface area contributed by atoms with Gasteiger partial charge in [-0.1, -0.05) is 43.5 Å². The van der Waals surface area contributed by atoms with E-state index in [1.54, 1.807) is 0 Å². The number of para-hydroxylation sites is 4. The predicted molar refractivity (Wildman–Crippen MR) is 119 cm³/mol. The van der Waals surface area contributed by atoms with Gasteiger partial charge in [-0.3, -0.25) is 0 Å². The average Bonchev–Trinajstić information content (AvgIpc) is 2.79. The van der Waals surface area contributed by atoms with Gasteiger partial charge in [0.1, 0.15) is 12.7 Å². The normalized spacial score (nSPS) is 12.7. The van der Waals surface area contributed by atoms with E-state index < -0.39 is 0 Å². The van der Waals surface area contributed by atoms with E-state index in [1.807, 2.05) is 48.5 Å². The van der Waals surface area contributed by atoms with Crippen LogP contribution in [0.2, 0.25) is 0 Å². The smallest absolute Gasteiger partial charge is 0.162 e. The minimum Gasteiger partial charge on any atom is -0.453 e. The second kappa shape index (κ2) is 7.29. The van der Waals surface area contributed by atoms with Crippen LogP contribution < -0.4 is 20.1 Å². The molecule has 1 aliphatic heterocycles. The van der Waals surface area contributed by atoms with Gasteiger partial charge in [0.15, 0.2) is 17.3 Å². The molecule has 144 valence electrons. The van der Waals surface area contributed by atoms with Gasteiger partial charge in [0, 0.05) is 11.3 Å². The maximum Gasteiger partial charge on any atom is 0.162 e. The van der Waals surface area contributed by atoms with E-state index in [1.165, 1.54) is 12.7 Å². The molecule has 3 aromatic carbocycles. The van der Waals surface area contributed by atoms with Crippen molar-refractivity contribution in [1.82, 2.24) is 15.0 Å². The van der Waals surface area contributed by atoms with Crippen molar-refractivity contribution in [3.63, 3.8) is 0 Å². The zero-order valence-electron chi connectivity index (χ0n) is 16.2. The van der Waals surface area contributed by atoms with Crippen molar-refractivity contribution in [1.29, 1.82) is 0 Å². The Balaban J connectivity index is 1.66. The van der Waals surface area contributed by atoms with E-state index in [2.05, 4.69) is 57.3 Å². The lowest BCUT2D eigenvalue weighted by Crippen LogP contribution is -2.25. The molecular formula is C25H18N4O. The molecule has 0 saturated carbocycles. The van der Waals surface area contributed by atoms with Crippen molar-refractivity contribution >= 4 is 35.3 Å². The third-order valence-corrected chi connectivity index (χ3v) is 4.93. The molecule has 5 heteroatoms. The van der Waals surface area contributed by atoms with Crippen LogP contribution in [0.3, 0.4) is 0 Å². The molecular weight excluding hydrogens is 372 g/mol. The average molecular weight is 390 g/mol. The van der Waals surface area contributed by atoms with Crippen LogP contribution in [0, 0.1) is 0 Å². The standard InChI is InChI=1S/C25H18N4O/c1-17-11-12-20(14-19(17)13-18(2)25-27-15-26-16-28-25)29-21-7-3-5-9-23(21)30-24-10-6-4-8-22(24)29/h3-16H,1-2H2/b19-13-. The number of allylic oxidation sites excluding steroid dienone is 1. The molecule has 0 atom stereocenters. The molecule has 0 unspecified atom stereocenters. The highest BCUT2D eigenvalue weighted by Gasteiger charge is 2.24. The second-order valence-electron chi connectivity index (χ2n) is 6.89. The molecule has 1 aliphatic rings. The number of aromatic nitrogens is 3. The van der Waals surface area contributed by atoms with Gasteiger partial charge in [-0.25, -0.2) is 15.0 Å². The Morgan fingerprint density at radius 1 is 0.867 bits per heavy atom. The predicted octanol–water partition coefficient (Wildman–Crippen LogP) is 4.35. The molecule has 0 radical (unpaired) electrons. The summed E-state index contributed by atoms with van der Waals surface area (Å²) in [6, 6.07) is 22.2. The summed E-state index contributed by atoms with van der Waals surface area (Å²) in [6.45, 7) is 8.28. The monoisotopic (exact) mass is 390 g/mol. The lowest BCUT2D eigenvalue weighted by molar-refractivity contribution is 0.477. The number of anilines is 3. The molecule has 5 nitrogen and oxygen atoms in total. The van der Waals surface area contributed by atoms with E-state index in [4.69, 9.17) is 4.74 Å². The molecule has 0 fully saturated rings. The van der Waals surface area contributed by atoms with E-state index in [0.29, 0.717) is 11.4 Å². The van der Waals surface area contributed by atoms with Crippen molar-refractivity contribution in [2.75, 3.05) is 4.90 Å². The Labute approximate surface area is 174 Å². The van der Waals surface area contributed by atoms with E-state index in [0.717, 1.165) is 39.0 Å². The second-order valence-corrected chi connectivity index (χ2v) is 6.89. The summed E-state index contributed by atoms with van der Waals surface area (Å²) in [4.78, 5) is 14.4. The number of hydrogen-bond donors (Lipinski definition) is 0. The Morgan fingerprint density at radius 2 is 1.50 bits per heavy atom. The number of benzene rings is 3. The molecule has 0 aliphatic carbocycles. The zero-order valence-corrected chi connectivity index (χ0v) is 16.2. The SMILES string of the molecule is C=C(/C=c1/cc(N2c3ccccc3Oc3ccccc32)ccc1=C)c1ncncn1. The molecule has 0 N–H and O–H groups in total. The molecule has 4 aromatic rings.